The van der Waals surface area contributed by atoms with Crippen LogP contribution < -0.4 is 14.8 Å². The number of hydrogen-bond acceptors (Lipinski definition) is 11. The Morgan fingerprint density at radius 3 is 2.42 bits per heavy atom. The van der Waals surface area contributed by atoms with E-state index < -0.39 is 31.1 Å². The monoisotopic (exact) mass is 433 g/mol. The highest BCUT2D eigenvalue weighted by molar-refractivity contribution is 5.82. The summed E-state index contributed by atoms with van der Waals surface area (Å²) in [6.45, 7) is -0.109. The molecule has 3 aromatic rings. The minimum absolute atomic E-state index is 0.0876. The molecule has 12 heteroatoms. The number of aromatic nitrogens is 4. The van der Waals surface area contributed by atoms with E-state index in [1.165, 1.54) is 31.4 Å². The summed E-state index contributed by atoms with van der Waals surface area (Å²) in [6.07, 6.45) is -1.58. The first-order valence-electron chi connectivity index (χ1n) is 9.46. The van der Waals surface area contributed by atoms with E-state index in [1.807, 2.05) is 0 Å². The van der Waals surface area contributed by atoms with E-state index >= 15 is 0 Å². The van der Waals surface area contributed by atoms with Crippen molar-refractivity contribution >= 4 is 17.0 Å². The van der Waals surface area contributed by atoms with E-state index in [2.05, 4.69) is 20.3 Å². The molecule has 1 aliphatic rings. The Balaban J connectivity index is 1.60. The van der Waals surface area contributed by atoms with Gasteiger partial charge >= 0.3 is 0 Å². The number of anilines is 1. The van der Waals surface area contributed by atoms with Gasteiger partial charge in [-0.2, -0.15) is 0 Å². The molecule has 0 amide bonds. The maximum Gasteiger partial charge on any atom is 0.200 e. The van der Waals surface area contributed by atoms with Gasteiger partial charge in [-0.15, -0.1) is 0 Å². The summed E-state index contributed by atoms with van der Waals surface area (Å²) < 4.78 is 17.4. The molecule has 166 valence electrons. The molecule has 0 bridgehead atoms. The van der Waals surface area contributed by atoms with Crippen LogP contribution in [0, 0.1) is 0 Å². The van der Waals surface area contributed by atoms with Crippen molar-refractivity contribution in [2.75, 3.05) is 26.1 Å². The highest BCUT2D eigenvalue weighted by atomic mass is 16.6. The van der Waals surface area contributed by atoms with Gasteiger partial charge in [-0.1, -0.05) is 0 Å². The van der Waals surface area contributed by atoms with E-state index in [1.54, 1.807) is 12.1 Å². The largest absolute Gasteiger partial charge is 0.502 e. The standard InChI is InChI=1S/C19H23N5O7/c1-29-10-3-9(4-11(30-2)14(10)26)5-20-17-13-18(22-7-21-17)24(8-23-13)19-16(28)15(27)12(6-25)31-19/h3-4,7-8,12,15-16,19,25-28H,5-6H2,1-2H3,(H,20,21,22)/t12-,15?,16?,19-/m1/s1. The number of aromatic hydroxyl groups is 1. The number of aliphatic hydroxyl groups is 3. The molecule has 2 aromatic heterocycles. The Kier molecular flexibility index (Phi) is 5.78. The highest BCUT2D eigenvalue weighted by Gasteiger charge is 2.44. The summed E-state index contributed by atoms with van der Waals surface area (Å²) in [5, 5.41) is 42.8. The van der Waals surface area contributed by atoms with E-state index in [0.717, 1.165) is 5.56 Å². The zero-order chi connectivity index (χ0) is 22.1. The molecule has 5 N–H and O–H groups in total. The van der Waals surface area contributed by atoms with Crippen molar-refractivity contribution in [3.8, 4) is 17.2 Å². The summed E-state index contributed by atoms with van der Waals surface area (Å²) in [5.41, 5.74) is 1.58. The van der Waals surface area contributed by atoms with Gasteiger partial charge in [-0.3, -0.25) is 4.57 Å². The second-order valence-electron chi connectivity index (χ2n) is 6.98. The van der Waals surface area contributed by atoms with Gasteiger partial charge < -0.3 is 40.0 Å². The van der Waals surface area contributed by atoms with E-state index in [4.69, 9.17) is 14.2 Å². The zero-order valence-corrected chi connectivity index (χ0v) is 16.8. The average Bonchev–Trinajstić information content (AvgIpc) is 3.34. The Morgan fingerprint density at radius 1 is 1.10 bits per heavy atom. The number of rotatable bonds is 7. The van der Waals surface area contributed by atoms with Crippen LogP contribution >= 0.6 is 0 Å². The lowest BCUT2D eigenvalue weighted by Crippen LogP contribution is -2.33. The summed E-state index contributed by atoms with van der Waals surface area (Å²) >= 11 is 0. The maximum absolute atomic E-state index is 10.3. The fraction of sp³-hybridized carbons (Fsp3) is 0.421. The molecule has 1 aliphatic heterocycles. The maximum atomic E-state index is 10.3. The van der Waals surface area contributed by atoms with Crippen LogP contribution in [0.3, 0.4) is 0 Å². The Labute approximate surface area is 176 Å². The molecule has 0 saturated carbocycles. The molecular weight excluding hydrogens is 410 g/mol. The lowest BCUT2D eigenvalue weighted by atomic mass is 10.1. The van der Waals surface area contributed by atoms with E-state index in [0.29, 0.717) is 23.5 Å². The van der Waals surface area contributed by atoms with Crippen LogP contribution in [0.2, 0.25) is 0 Å². The highest BCUT2D eigenvalue weighted by Crippen LogP contribution is 2.37. The smallest absolute Gasteiger partial charge is 0.200 e. The van der Waals surface area contributed by atoms with E-state index in [-0.39, 0.29) is 17.2 Å². The number of aliphatic hydroxyl groups excluding tert-OH is 3. The Morgan fingerprint density at radius 2 is 1.81 bits per heavy atom. The second kappa shape index (κ2) is 8.51. The molecule has 4 rings (SSSR count). The van der Waals surface area contributed by atoms with Crippen molar-refractivity contribution in [2.45, 2.75) is 31.1 Å². The molecule has 1 saturated heterocycles. The van der Waals surface area contributed by atoms with Gasteiger partial charge in [0, 0.05) is 6.54 Å². The third-order valence-electron chi connectivity index (χ3n) is 5.15. The molecule has 12 nitrogen and oxygen atoms in total. The van der Waals surface area contributed by atoms with Crippen molar-refractivity contribution in [1.29, 1.82) is 0 Å². The Bertz CT molecular complexity index is 1050. The van der Waals surface area contributed by atoms with Crippen LogP contribution in [0.5, 0.6) is 17.2 Å². The van der Waals surface area contributed by atoms with Crippen LogP contribution in [0.4, 0.5) is 5.82 Å². The van der Waals surface area contributed by atoms with Gasteiger partial charge in [0.2, 0.25) is 5.75 Å². The van der Waals surface area contributed by atoms with Crippen molar-refractivity contribution < 1.29 is 34.6 Å². The third kappa shape index (κ3) is 3.70. The third-order valence-corrected chi connectivity index (χ3v) is 5.15. The normalized spacial score (nSPS) is 23.3. The number of benzene rings is 1. The van der Waals surface area contributed by atoms with Crippen LogP contribution in [0.15, 0.2) is 24.8 Å². The molecule has 2 unspecified atom stereocenters. The molecule has 1 aromatic carbocycles. The molecule has 31 heavy (non-hydrogen) atoms. The van der Waals surface area contributed by atoms with E-state index in [9.17, 15) is 20.4 Å². The quantitative estimate of drug-likeness (QED) is 0.334. The first-order chi connectivity index (χ1) is 15.0. The average molecular weight is 433 g/mol. The number of fused-ring (bicyclic) bond motifs is 1. The topological polar surface area (TPSA) is 164 Å². The van der Waals surface area contributed by atoms with Gasteiger partial charge in [0.15, 0.2) is 34.7 Å². The Hall–Kier alpha value is -3.19. The number of methoxy groups -OCH3 is 2. The minimum Gasteiger partial charge on any atom is -0.502 e. The van der Waals surface area contributed by atoms with Crippen LogP contribution in [0.1, 0.15) is 11.8 Å². The zero-order valence-electron chi connectivity index (χ0n) is 16.8. The molecule has 0 aliphatic carbocycles. The fourth-order valence-electron chi connectivity index (χ4n) is 3.51. The predicted octanol–water partition coefficient (Wildman–Crippen LogP) is -0.227. The van der Waals surface area contributed by atoms with Crippen molar-refractivity contribution in [3.05, 3.63) is 30.4 Å². The summed E-state index contributed by atoms with van der Waals surface area (Å²) in [7, 11) is 2.90. The van der Waals surface area contributed by atoms with Gasteiger partial charge in [0.1, 0.15) is 24.6 Å². The van der Waals surface area contributed by atoms with Crippen LogP contribution in [-0.2, 0) is 11.3 Å². The van der Waals surface area contributed by atoms with Gasteiger partial charge in [-0.05, 0) is 17.7 Å². The molecule has 0 radical (unpaired) electrons. The predicted molar refractivity (Wildman–Crippen MR) is 107 cm³/mol. The number of hydrogen-bond donors (Lipinski definition) is 5. The lowest BCUT2D eigenvalue weighted by Gasteiger charge is -2.16. The summed E-state index contributed by atoms with van der Waals surface area (Å²) in [6, 6.07) is 3.34. The van der Waals surface area contributed by atoms with Crippen molar-refractivity contribution in [3.63, 3.8) is 0 Å². The number of ether oxygens (including phenoxy) is 3. The first kappa shape index (κ1) is 21.1. The van der Waals surface area contributed by atoms with Gasteiger partial charge in [0.25, 0.3) is 0 Å². The number of imidazole rings is 1. The van der Waals surface area contributed by atoms with Gasteiger partial charge in [-0.25, -0.2) is 15.0 Å². The number of nitrogens with zero attached hydrogens (tertiary/aromatic N) is 4. The molecule has 4 atom stereocenters. The molecular formula is C19H23N5O7. The van der Waals surface area contributed by atoms with Crippen LogP contribution in [0.25, 0.3) is 11.2 Å². The number of phenols is 1. The summed E-state index contributed by atoms with van der Waals surface area (Å²) in [5.74, 6) is 0.896. The summed E-state index contributed by atoms with van der Waals surface area (Å²) in [4.78, 5) is 12.8. The van der Waals surface area contributed by atoms with Crippen LogP contribution in [-0.4, -0.2) is 79.1 Å². The van der Waals surface area contributed by atoms with Gasteiger partial charge in [0.05, 0.1) is 27.2 Å². The number of nitrogens with one attached hydrogen (secondary N) is 1. The minimum atomic E-state index is -1.25. The SMILES string of the molecule is COc1cc(CNc2ncnc3c2ncn3[C@@H]2O[C@H](CO)C(O)C2O)cc(OC)c1O. The molecule has 3 heterocycles. The second-order valence-corrected chi connectivity index (χ2v) is 6.98. The fourth-order valence-corrected chi connectivity index (χ4v) is 3.51. The van der Waals surface area contributed by atoms with Crippen molar-refractivity contribution in [1.82, 2.24) is 19.5 Å². The number of phenolic OH excluding ortho intramolecular Hbond substituents is 1. The lowest BCUT2D eigenvalue weighted by molar-refractivity contribution is -0.0511. The molecule has 0 spiro atoms. The molecule has 1 fully saturated rings. The first-order valence-corrected chi connectivity index (χ1v) is 9.46. The van der Waals surface area contributed by atoms with Crippen molar-refractivity contribution in [2.24, 2.45) is 0 Å².